The number of aliphatic hydroxyl groups is 2. The number of aromatic nitrogens is 5. The van der Waals surface area contributed by atoms with Crippen LogP contribution in [0.2, 0.25) is 0 Å². The van der Waals surface area contributed by atoms with Crippen LogP contribution in [0.3, 0.4) is 0 Å². The van der Waals surface area contributed by atoms with Crippen LogP contribution in [0.1, 0.15) is 55.0 Å². The maximum absolute atomic E-state index is 12.8. The van der Waals surface area contributed by atoms with E-state index in [1.165, 1.54) is 0 Å². The monoisotopic (exact) mass is 736 g/mol. The van der Waals surface area contributed by atoms with Crippen molar-refractivity contribution in [3.8, 4) is 11.5 Å². The molecule has 5 atom stereocenters. The van der Waals surface area contributed by atoms with E-state index in [9.17, 15) is 30.0 Å². The molecule has 0 radical (unpaired) electrons. The van der Waals surface area contributed by atoms with Gasteiger partial charge in [0.2, 0.25) is 11.9 Å². The van der Waals surface area contributed by atoms with E-state index in [1.807, 2.05) is 47.4 Å². The van der Waals surface area contributed by atoms with Gasteiger partial charge in [-0.25, -0.2) is 9.78 Å². The molecule has 54 heavy (non-hydrogen) atoms. The molecule has 4 heterocycles. The molecule has 16 nitrogen and oxygen atoms in total. The van der Waals surface area contributed by atoms with Gasteiger partial charge in [0.1, 0.15) is 23.7 Å². The van der Waals surface area contributed by atoms with Gasteiger partial charge in [-0.1, -0.05) is 37.3 Å². The molecule has 16 heteroatoms. The summed E-state index contributed by atoms with van der Waals surface area (Å²) in [6, 6.07) is 17.6. The van der Waals surface area contributed by atoms with E-state index in [-0.39, 0.29) is 48.2 Å². The Labute approximate surface area is 311 Å². The van der Waals surface area contributed by atoms with Crippen LogP contribution >= 0.6 is 0 Å². The van der Waals surface area contributed by atoms with E-state index in [0.717, 1.165) is 16.8 Å². The van der Waals surface area contributed by atoms with Gasteiger partial charge in [0, 0.05) is 44.2 Å². The maximum Gasteiger partial charge on any atom is 0.315 e. The fourth-order valence-corrected chi connectivity index (χ4v) is 7.16. The van der Waals surface area contributed by atoms with Crippen molar-refractivity contribution in [2.45, 2.75) is 69.0 Å². The van der Waals surface area contributed by atoms with E-state index in [0.29, 0.717) is 55.5 Å². The minimum atomic E-state index is -1.20. The second kappa shape index (κ2) is 15.9. The average molecular weight is 737 g/mol. The lowest BCUT2D eigenvalue weighted by Crippen LogP contribution is -2.43. The number of nitrogens with one attached hydrogen (secondary N) is 4. The minimum Gasteiger partial charge on any atom is -0.508 e. The zero-order valence-corrected chi connectivity index (χ0v) is 29.7. The zero-order valence-electron chi connectivity index (χ0n) is 29.7. The Bertz CT molecular complexity index is 2020. The van der Waals surface area contributed by atoms with Gasteiger partial charge in [-0.15, -0.1) is 0 Å². The van der Waals surface area contributed by atoms with E-state index in [2.05, 4.69) is 31.2 Å². The molecule has 2 fully saturated rings. The van der Waals surface area contributed by atoms with Gasteiger partial charge >= 0.3 is 6.03 Å². The molecular weight excluding hydrogens is 692 g/mol. The van der Waals surface area contributed by atoms with Gasteiger partial charge in [-0.2, -0.15) is 9.97 Å². The molecular formula is C38H44N10O6. The van der Waals surface area contributed by atoms with Crippen molar-refractivity contribution in [3.05, 3.63) is 96.1 Å². The Balaban J connectivity index is 1.17. The Morgan fingerprint density at radius 1 is 0.907 bits per heavy atom. The van der Waals surface area contributed by atoms with Crippen molar-refractivity contribution in [1.82, 2.24) is 40.5 Å². The average Bonchev–Trinajstić information content (AvgIpc) is 3.90. The summed E-state index contributed by atoms with van der Waals surface area (Å²) in [6.07, 6.45) is 2.01. The largest absolute Gasteiger partial charge is 0.508 e. The highest BCUT2D eigenvalue weighted by molar-refractivity contribution is 5.85. The number of imidazole rings is 1. The second-order valence-corrected chi connectivity index (χ2v) is 13.7. The van der Waals surface area contributed by atoms with Crippen LogP contribution in [0.5, 0.6) is 11.5 Å². The number of nitrogens with zero attached hydrogens (tertiary/aromatic N) is 6. The first kappa shape index (κ1) is 36.4. The lowest BCUT2D eigenvalue weighted by atomic mass is 9.91. The normalized spacial score (nSPS) is 21.0. The first-order chi connectivity index (χ1) is 26.2. The molecule has 0 spiro atoms. The molecule has 5 aromatic rings. The lowest BCUT2D eigenvalue weighted by Gasteiger charge is -2.22. The molecule has 282 valence electrons. The third-order valence-electron chi connectivity index (χ3n) is 10.1. The van der Waals surface area contributed by atoms with Crippen LogP contribution in [0.15, 0.2) is 79.3 Å². The lowest BCUT2D eigenvalue weighted by molar-refractivity contribution is -0.122. The quantitative estimate of drug-likeness (QED) is 0.0926. The number of fused-ring (bicyclic) bond motifs is 1. The third-order valence-corrected chi connectivity index (χ3v) is 10.1. The summed E-state index contributed by atoms with van der Waals surface area (Å²) in [4.78, 5) is 45.8. The molecule has 1 aliphatic heterocycles. The number of pyridine rings is 1. The number of amides is 3. The summed E-state index contributed by atoms with van der Waals surface area (Å²) in [5.41, 5.74) is 3.45. The number of carbonyl (C=O) groups excluding carboxylic acids is 2. The summed E-state index contributed by atoms with van der Waals surface area (Å²) in [7, 11) is 0. The summed E-state index contributed by atoms with van der Waals surface area (Å²) < 4.78 is 1.73. The number of anilines is 2. The van der Waals surface area contributed by atoms with Crippen LogP contribution in [-0.4, -0.2) is 101 Å². The molecule has 2 aromatic carbocycles. The SMILES string of the molecule is CCC(=O)N[C@H]1C[C@@H](n2cnc3c(NCC(c4ccc(O)cc4)c4ccc(O)cc4)nc(N4CC[C@@H](NC(=O)NCc5ccccn5)C4)nc32)[C@H](O)[C@@H]1O. The molecule has 0 unspecified atom stereocenters. The second-order valence-electron chi connectivity index (χ2n) is 13.7. The van der Waals surface area contributed by atoms with E-state index in [4.69, 9.17) is 9.97 Å². The van der Waals surface area contributed by atoms with Crippen LogP contribution in [0.25, 0.3) is 11.2 Å². The molecule has 2 aliphatic rings. The number of hydrogen-bond acceptors (Lipinski definition) is 12. The Morgan fingerprint density at radius 2 is 1.63 bits per heavy atom. The molecule has 1 saturated heterocycles. The smallest absolute Gasteiger partial charge is 0.315 e. The molecule has 1 saturated carbocycles. The number of aliphatic hydroxyl groups excluding tert-OH is 2. The topological polar surface area (TPSA) is 223 Å². The van der Waals surface area contributed by atoms with Gasteiger partial charge in [0.25, 0.3) is 0 Å². The summed E-state index contributed by atoms with van der Waals surface area (Å²) in [5, 5.41) is 54.2. The zero-order chi connectivity index (χ0) is 37.8. The van der Waals surface area contributed by atoms with E-state index >= 15 is 0 Å². The minimum absolute atomic E-state index is 0.142. The van der Waals surface area contributed by atoms with Crippen molar-refractivity contribution in [1.29, 1.82) is 0 Å². The number of rotatable bonds is 12. The fourth-order valence-electron chi connectivity index (χ4n) is 7.16. The molecule has 1 aliphatic carbocycles. The number of phenolic OH excluding ortho intramolecular Hbond substituents is 2. The van der Waals surface area contributed by atoms with Crippen molar-refractivity contribution in [2.24, 2.45) is 0 Å². The molecule has 3 aromatic heterocycles. The Kier molecular flexibility index (Phi) is 10.7. The fraction of sp³-hybridized carbons (Fsp3) is 0.368. The van der Waals surface area contributed by atoms with Crippen molar-refractivity contribution in [3.63, 3.8) is 0 Å². The standard InChI is InChI=1S/C38H44N10O6/c1-2-31(51)44-29-17-30(34(53)33(29)52)48-21-42-32-35(40-19-28(22-6-10-26(49)11-7-22)23-8-12-27(50)13-9-23)45-37(46-36(32)48)47-16-14-25(20-47)43-38(54)41-18-24-5-3-4-15-39-24/h3-13,15,21,25,28-30,33-34,49-50,52-53H,2,14,16-20H2,1H3,(H,44,51)(H,40,45,46)(H2,41,43,54)/t25-,29+,30-,33-,34+/m1/s1. The van der Waals surface area contributed by atoms with Crippen molar-refractivity contribution in [2.75, 3.05) is 29.9 Å². The predicted molar refractivity (Wildman–Crippen MR) is 200 cm³/mol. The summed E-state index contributed by atoms with van der Waals surface area (Å²) in [5.74, 6) is 0.663. The number of aromatic hydroxyl groups is 2. The molecule has 3 amide bonds. The highest BCUT2D eigenvalue weighted by Crippen LogP contribution is 2.36. The van der Waals surface area contributed by atoms with Gasteiger partial charge in [-0.05, 0) is 60.4 Å². The summed E-state index contributed by atoms with van der Waals surface area (Å²) >= 11 is 0. The predicted octanol–water partition coefficient (Wildman–Crippen LogP) is 2.52. The van der Waals surface area contributed by atoms with Gasteiger partial charge in [-0.3, -0.25) is 9.78 Å². The van der Waals surface area contributed by atoms with Gasteiger partial charge in [0.05, 0.1) is 30.6 Å². The number of hydrogen-bond donors (Lipinski definition) is 8. The van der Waals surface area contributed by atoms with Crippen molar-refractivity contribution >= 4 is 34.9 Å². The first-order valence-corrected chi connectivity index (χ1v) is 18.1. The molecule has 7 rings (SSSR count). The van der Waals surface area contributed by atoms with Crippen molar-refractivity contribution < 1.29 is 30.0 Å². The van der Waals surface area contributed by atoms with Crippen LogP contribution in [0.4, 0.5) is 16.6 Å². The maximum atomic E-state index is 12.8. The highest BCUT2D eigenvalue weighted by Gasteiger charge is 2.44. The Hall–Kier alpha value is -6.00. The molecule has 8 N–H and O–H groups in total. The highest BCUT2D eigenvalue weighted by atomic mass is 16.3. The summed E-state index contributed by atoms with van der Waals surface area (Å²) in [6.45, 7) is 3.37. The van der Waals surface area contributed by atoms with Crippen LogP contribution < -0.4 is 26.2 Å². The van der Waals surface area contributed by atoms with Gasteiger partial charge in [0.15, 0.2) is 17.0 Å². The van der Waals surface area contributed by atoms with E-state index < -0.39 is 24.3 Å². The first-order valence-electron chi connectivity index (χ1n) is 18.1. The number of urea groups is 1. The number of phenols is 2. The number of benzene rings is 2. The van der Waals surface area contributed by atoms with Gasteiger partial charge < -0.3 is 51.2 Å². The van der Waals surface area contributed by atoms with Crippen LogP contribution in [0, 0.1) is 0 Å². The number of carbonyl (C=O) groups is 2. The Morgan fingerprint density at radius 3 is 2.30 bits per heavy atom. The van der Waals surface area contributed by atoms with E-state index in [1.54, 1.807) is 48.3 Å². The molecule has 0 bridgehead atoms. The third kappa shape index (κ3) is 7.99. The van der Waals surface area contributed by atoms with Crippen LogP contribution in [-0.2, 0) is 11.3 Å².